The number of rotatable bonds is 5. The zero-order valence-electron chi connectivity index (χ0n) is 30.2. The molecule has 220 valence electrons. The number of hydrogen-bond acceptors (Lipinski definition) is 2. The van der Waals surface area contributed by atoms with Crippen LogP contribution < -0.4 is 0 Å². The van der Waals surface area contributed by atoms with Crippen molar-refractivity contribution in [1.29, 1.82) is 0 Å². The lowest BCUT2D eigenvalue weighted by Gasteiger charge is -2.21. The lowest BCUT2D eigenvalue weighted by molar-refractivity contribution is 1.10. The molecule has 3 heteroatoms. The maximum atomic E-state index is 8.94. The number of fused-ring (bicyclic) bond motifs is 3. The topological polar surface area (TPSA) is 30.7 Å². The number of benzene rings is 7. The summed E-state index contributed by atoms with van der Waals surface area (Å²) in [6.45, 7) is 0. The van der Waals surface area contributed by atoms with Gasteiger partial charge in [-0.3, -0.25) is 9.55 Å². The molecule has 9 rings (SSSR count). The molecule has 0 spiro atoms. The number of hydrogen-bond donors (Lipinski definition) is 0. The van der Waals surface area contributed by atoms with Crippen LogP contribution in [-0.4, -0.2) is 14.5 Å². The maximum absolute atomic E-state index is 8.94. The van der Waals surface area contributed by atoms with Crippen LogP contribution in [-0.2, 0) is 0 Å². The smallest absolute Gasteiger partial charge is 0.146 e. The van der Waals surface area contributed by atoms with E-state index in [4.69, 9.17) is 11.8 Å². The molecular weight excluding hydrogens is 571 g/mol. The van der Waals surface area contributed by atoms with E-state index in [1.807, 2.05) is 67.0 Å². The first-order valence-corrected chi connectivity index (χ1v) is 15.5. The fraction of sp³-hybridized carbons (Fsp3) is 0. The van der Waals surface area contributed by atoms with Crippen molar-refractivity contribution in [2.45, 2.75) is 0 Å². The first-order chi connectivity index (χ1) is 25.4. The quantitative estimate of drug-likeness (QED) is 0.183. The largest absolute Gasteiger partial charge is 0.292 e. The summed E-state index contributed by atoms with van der Waals surface area (Å²) >= 11 is 0. The average molecular weight is 605 g/mol. The monoisotopic (exact) mass is 604 g/mol. The molecule has 0 aliphatic heterocycles. The minimum absolute atomic E-state index is 0.0577. The molecule has 0 N–H and O–H groups in total. The zero-order valence-corrected chi connectivity index (χ0v) is 25.2. The van der Waals surface area contributed by atoms with Gasteiger partial charge in [-0.15, -0.1) is 0 Å². The van der Waals surface area contributed by atoms with E-state index in [0.717, 1.165) is 60.5 Å². The maximum Gasteiger partial charge on any atom is 0.146 e. The van der Waals surface area contributed by atoms with Crippen LogP contribution >= 0.6 is 0 Å². The van der Waals surface area contributed by atoms with Gasteiger partial charge in [0.15, 0.2) is 0 Å². The second-order valence-corrected chi connectivity index (χ2v) is 11.4. The van der Waals surface area contributed by atoms with E-state index in [1.54, 1.807) is 4.57 Å². The molecule has 0 unspecified atom stereocenters. The average Bonchev–Trinajstić information content (AvgIpc) is 3.58. The van der Waals surface area contributed by atoms with Gasteiger partial charge in [-0.25, -0.2) is 4.98 Å². The highest BCUT2D eigenvalue weighted by atomic mass is 15.1. The Hall–Kier alpha value is -6.32. The molecule has 0 aliphatic rings. The van der Waals surface area contributed by atoms with Crippen molar-refractivity contribution in [1.82, 2.24) is 14.5 Å². The minimum Gasteiger partial charge on any atom is -0.292 e. The predicted octanol–water partition coefficient (Wildman–Crippen LogP) is 11.4. The fourth-order valence-electron chi connectivity index (χ4n) is 6.88. The first-order valence-electron chi connectivity index (χ1n) is 18.0. The number of nitrogens with zero attached hydrogens (tertiary/aromatic N) is 3. The van der Waals surface area contributed by atoms with Gasteiger partial charge in [0.25, 0.3) is 0 Å². The molecule has 9 aromatic rings. The summed E-state index contributed by atoms with van der Waals surface area (Å²) in [5, 5.41) is 4.29. The Labute approximate surface area is 280 Å². The van der Waals surface area contributed by atoms with E-state index in [-0.39, 0.29) is 17.8 Å². The van der Waals surface area contributed by atoms with Gasteiger partial charge in [0.1, 0.15) is 5.82 Å². The van der Waals surface area contributed by atoms with Crippen molar-refractivity contribution < 1.29 is 6.85 Å². The molecule has 0 saturated heterocycles. The Morgan fingerprint density at radius 3 is 1.57 bits per heavy atom. The zero-order chi connectivity index (χ0) is 35.5. The van der Waals surface area contributed by atoms with Gasteiger partial charge in [0.2, 0.25) is 0 Å². The molecule has 7 aromatic carbocycles. The Bertz CT molecular complexity index is 2780. The summed E-state index contributed by atoms with van der Waals surface area (Å²) in [7, 11) is 0. The molecule has 0 amide bonds. The van der Waals surface area contributed by atoms with Gasteiger partial charge in [-0.1, -0.05) is 127 Å². The van der Waals surface area contributed by atoms with Crippen molar-refractivity contribution >= 4 is 32.6 Å². The Balaban J connectivity index is 1.39. The molecule has 0 fully saturated rings. The van der Waals surface area contributed by atoms with Gasteiger partial charge in [0, 0.05) is 23.6 Å². The van der Waals surface area contributed by atoms with Crippen LogP contribution in [0, 0.1) is 0 Å². The Morgan fingerprint density at radius 2 is 0.957 bits per heavy atom. The molecular formula is C44H29N3. The van der Waals surface area contributed by atoms with Crippen molar-refractivity contribution in [2.75, 3.05) is 0 Å². The summed E-state index contributed by atoms with van der Waals surface area (Å²) in [5.74, 6) is 0.482. The molecule has 0 atom stereocenters. The SMILES string of the molecule is [2H]c1c([2H])c([2H])c(-n2c(-c3ccccc3-c3c4ccccc4c(-c4ccccc4-c4ccncc4)c4ccccc34)nc3ccccc32)c([2H])c1[2H]. The second-order valence-electron chi connectivity index (χ2n) is 11.4. The molecule has 0 aliphatic carbocycles. The molecule has 2 heterocycles. The molecule has 0 radical (unpaired) electrons. The molecule has 3 nitrogen and oxygen atoms in total. The van der Waals surface area contributed by atoms with Crippen LogP contribution in [0.15, 0.2) is 176 Å². The molecule has 0 bridgehead atoms. The normalized spacial score (nSPS) is 12.9. The lowest BCUT2D eigenvalue weighted by atomic mass is 9.83. The van der Waals surface area contributed by atoms with Crippen molar-refractivity contribution in [3.05, 3.63) is 176 Å². The molecule has 0 saturated carbocycles. The molecule has 47 heavy (non-hydrogen) atoms. The number of imidazole rings is 1. The summed E-state index contributed by atoms with van der Waals surface area (Å²) in [4.78, 5) is 9.36. The lowest BCUT2D eigenvalue weighted by Crippen LogP contribution is -1.99. The van der Waals surface area contributed by atoms with Gasteiger partial charge < -0.3 is 0 Å². The standard InChI is InChI=1S/C44H29N3/c1-2-14-31(15-3-1)47-41-25-13-12-24-40(41)46-44(47)39-23-11-10-22-38(39)43-36-20-8-6-18-34(36)42(35-19-7-9-21-37(35)43)33-17-5-4-16-32(33)30-26-28-45-29-27-30/h1-29H/i1D,2D,3D,14D,15D. The summed E-state index contributed by atoms with van der Waals surface area (Å²) in [6.07, 6.45) is 3.64. The molecule has 2 aromatic heterocycles. The van der Waals surface area contributed by atoms with Crippen molar-refractivity contribution in [2.24, 2.45) is 0 Å². The predicted molar refractivity (Wildman–Crippen MR) is 196 cm³/mol. The van der Waals surface area contributed by atoms with Crippen LogP contribution in [0.5, 0.6) is 0 Å². The van der Waals surface area contributed by atoms with Crippen LogP contribution in [0.25, 0.3) is 83.0 Å². The van der Waals surface area contributed by atoms with Crippen LogP contribution in [0.4, 0.5) is 0 Å². The van der Waals surface area contributed by atoms with Crippen LogP contribution in [0.3, 0.4) is 0 Å². The fourth-order valence-corrected chi connectivity index (χ4v) is 6.88. The Kier molecular flexibility index (Phi) is 5.32. The minimum atomic E-state index is -0.436. The summed E-state index contributed by atoms with van der Waals surface area (Å²) < 4.78 is 44.8. The third kappa shape index (κ3) is 4.44. The highest BCUT2D eigenvalue weighted by molar-refractivity contribution is 6.23. The second kappa shape index (κ2) is 11.2. The van der Waals surface area contributed by atoms with Crippen molar-refractivity contribution in [3.8, 4) is 50.5 Å². The highest BCUT2D eigenvalue weighted by Gasteiger charge is 2.22. The van der Waals surface area contributed by atoms with Crippen LogP contribution in [0.2, 0.25) is 0 Å². The summed E-state index contributed by atoms with van der Waals surface area (Å²) in [5.41, 5.74) is 8.49. The van der Waals surface area contributed by atoms with E-state index < -0.39 is 18.1 Å². The van der Waals surface area contributed by atoms with E-state index in [2.05, 4.69) is 83.8 Å². The van der Waals surface area contributed by atoms with Crippen LogP contribution in [0.1, 0.15) is 6.85 Å². The van der Waals surface area contributed by atoms with E-state index in [0.29, 0.717) is 16.9 Å². The van der Waals surface area contributed by atoms with E-state index >= 15 is 0 Å². The number of pyridine rings is 1. The van der Waals surface area contributed by atoms with Gasteiger partial charge in [-0.2, -0.15) is 0 Å². The van der Waals surface area contributed by atoms with E-state index in [9.17, 15) is 0 Å². The van der Waals surface area contributed by atoms with Gasteiger partial charge in [-0.05, 0) is 91.3 Å². The third-order valence-electron chi connectivity index (χ3n) is 8.83. The Morgan fingerprint density at radius 1 is 0.468 bits per heavy atom. The van der Waals surface area contributed by atoms with Gasteiger partial charge >= 0.3 is 0 Å². The highest BCUT2D eigenvalue weighted by Crippen LogP contribution is 2.48. The number of aromatic nitrogens is 3. The van der Waals surface area contributed by atoms with Crippen molar-refractivity contribution in [3.63, 3.8) is 0 Å². The number of para-hydroxylation sites is 3. The van der Waals surface area contributed by atoms with Gasteiger partial charge in [0.05, 0.1) is 17.9 Å². The summed E-state index contributed by atoms with van der Waals surface area (Å²) in [6, 6.07) is 43.2. The first kappa shape index (κ1) is 22.2. The third-order valence-corrected chi connectivity index (χ3v) is 8.83. The van der Waals surface area contributed by atoms with E-state index in [1.165, 1.54) is 0 Å².